The van der Waals surface area contributed by atoms with Gasteiger partial charge < -0.3 is 10.2 Å². The summed E-state index contributed by atoms with van der Waals surface area (Å²) in [5.41, 5.74) is -1.08. The number of nitrogens with zero attached hydrogens (tertiary/aromatic N) is 1. The molecule has 0 heterocycles. The van der Waals surface area contributed by atoms with Crippen molar-refractivity contribution in [3.63, 3.8) is 0 Å². The Labute approximate surface area is 84.3 Å². The van der Waals surface area contributed by atoms with Gasteiger partial charge in [0.2, 0.25) is 0 Å². The molecule has 2 N–H and O–H groups in total. The second kappa shape index (κ2) is 3.87. The molecule has 15 heavy (non-hydrogen) atoms. The summed E-state index contributed by atoms with van der Waals surface area (Å²) in [6.07, 6.45) is 0. The molecule has 0 radical (unpaired) electrons. The Hall–Kier alpha value is -2.24. The molecule has 0 spiro atoms. The number of aromatic carboxylic acids is 2. The highest BCUT2D eigenvalue weighted by Crippen LogP contribution is 2.21. The molecule has 0 saturated heterocycles. The van der Waals surface area contributed by atoms with E-state index >= 15 is 0 Å². The van der Waals surface area contributed by atoms with Crippen LogP contribution in [-0.2, 0) is 0 Å². The molecule has 1 rings (SSSR count). The average molecular weight is 210 g/mol. The van der Waals surface area contributed by atoms with Crippen molar-refractivity contribution in [3.8, 4) is 0 Å². The largest absolute Gasteiger partial charge is 0.478 e. The van der Waals surface area contributed by atoms with E-state index in [1.807, 2.05) is 0 Å². The maximum atomic E-state index is 11.0. The zero-order valence-electron chi connectivity index (χ0n) is 7.80. The van der Waals surface area contributed by atoms with Crippen LogP contribution in [0.15, 0.2) is 18.2 Å². The van der Waals surface area contributed by atoms with Gasteiger partial charge in [-0.2, -0.15) is 0 Å². The van der Waals surface area contributed by atoms with E-state index in [-0.39, 0.29) is 5.69 Å². The molecule has 6 nitrogen and oxygen atoms in total. The lowest BCUT2D eigenvalue weighted by Crippen LogP contribution is -2.11. The molecule has 0 fully saturated rings. The minimum atomic E-state index is -1.44. The smallest absolute Gasteiger partial charge is 0.343 e. The van der Waals surface area contributed by atoms with Crippen LogP contribution in [0.4, 0.5) is 5.69 Å². The summed E-state index contributed by atoms with van der Waals surface area (Å²) in [5.74, 6) is -2.82. The first-order valence-corrected chi connectivity index (χ1v) is 3.95. The van der Waals surface area contributed by atoms with Crippen LogP contribution < -0.4 is 0 Å². The molecule has 0 atom stereocenters. The Morgan fingerprint density at radius 1 is 1.20 bits per heavy atom. The maximum absolute atomic E-state index is 11.0. The van der Waals surface area contributed by atoms with Crippen LogP contribution in [-0.4, -0.2) is 34.0 Å². The summed E-state index contributed by atoms with van der Waals surface area (Å²) in [4.78, 5) is 32.5. The quantitative estimate of drug-likeness (QED) is 0.729. The van der Waals surface area contributed by atoms with Gasteiger partial charge in [0.15, 0.2) is 7.05 Å². The summed E-state index contributed by atoms with van der Waals surface area (Å²) < 4.78 is 0.315. The van der Waals surface area contributed by atoms with Crippen LogP contribution in [0.3, 0.4) is 0 Å². The highest BCUT2D eigenvalue weighted by Gasteiger charge is 2.26. The molecule has 0 amide bonds. The first kappa shape index (κ1) is 10.8. The first-order chi connectivity index (χ1) is 6.95. The lowest BCUT2D eigenvalue weighted by atomic mass is 10.1. The lowest BCUT2D eigenvalue weighted by Gasteiger charge is -2.00. The van der Waals surface area contributed by atoms with Crippen molar-refractivity contribution in [3.05, 3.63) is 34.2 Å². The molecular weight excluding hydrogens is 202 g/mol. The van der Waals surface area contributed by atoms with Crippen LogP contribution in [0.1, 0.15) is 20.7 Å². The predicted molar refractivity (Wildman–Crippen MR) is 49.6 cm³/mol. The average Bonchev–Trinajstić information content (AvgIpc) is 2.16. The van der Waals surface area contributed by atoms with Crippen molar-refractivity contribution < 1.29 is 24.6 Å². The third kappa shape index (κ3) is 1.98. The lowest BCUT2D eigenvalue weighted by molar-refractivity contribution is -0.428. The molecule has 0 aliphatic carbocycles. The second-order valence-corrected chi connectivity index (χ2v) is 2.81. The molecule has 6 heteroatoms. The highest BCUT2D eigenvalue weighted by molar-refractivity contribution is 6.04. The van der Waals surface area contributed by atoms with Gasteiger partial charge in [-0.05, 0) is 6.07 Å². The van der Waals surface area contributed by atoms with Gasteiger partial charge in [-0.15, -0.1) is 0 Å². The van der Waals surface area contributed by atoms with Crippen molar-refractivity contribution in [1.29, 1.82) is 0 Å². The fourth-order valence-corrected chi connectivity index (χ4v) is 1.21. The number of carboxylic acids is 2. The van der Waals surface area contributed by atoms with Crippen LogP contribution in [0, 0.1) is 4.91 Å². The van der Waals surface area contributed by atoms with E-state index in [0.717, 1.165) is 13.1 Å². The maximum Gasteiger partial charge on any atom is 0.343 e. The summed E-state index contributed by atoms with van der Waals surface area (Å²) in [6, 6.07) is 3.71. The molecule has 1 aromatic rings. The van der Waals surface area contributed by atoms with Crippen molar-refractivity contribution in [2.75, 3.05) is 7.05 Å². The molecule has 0 aliphatic heterocycles. The molecule has 78 valence electrons. The molecule has 0 bridgehead atoms. The van der Waals surface area contributed by atoms with Crippen LogP contribution in [0.5, 0.6) is 0 Å². The van der Waals surface area contributed by atoms with Crippen molar-refractivity contribution in [2.45, 2.75) is 0 Å². The minimum Gasteiger partial charge on any atom is -0.478 e. The summed E-state index contributed by atoms with van der Waals surface area (Å²) >= 11 is 0. The van der Waals surface area contributed by atoms with Crippen molar-refractivity contribution >= 4 is 17.6 Å². The number of hydrogen-bond acceptors (Lipinski definition) is 3. The normalized spacial score (nSPS) is 9.67. The number of nitroso groups, excluding NO2 is 1. The van der Waals surface area contributed by atoms with E-state index in [0.29, 0.717) is 4.76 Å². The molecule has 0 aromatic heterocycles. The summed E-state index contributed by atoms with van der Waals surface area (Å²) in [6.45, 7) is 0. The predicted octanol–water partition coefficient (Wildman–Crippen LogP) is 1.12. The zero-order valence-corrected chi connectivity index (χ0v) is 7.80. The van der Waals surface area contributed by atoms with Crippen molar-refractivity contribution in [1.82, 2.24) is 0 Å². The van der Waals surface area contributed by atoms with E-state index in [2.05, 4.69) is 0 Å². The van der Waals surface area contributed by atoms with E-state index in [9.17, 15) is 14.5 Å². The monoisotopic (exact) mass is 210 g/mol. The minimum absolute atomic E-state index is 0.178. The Morgan fingerprint density at radius 3 is 2.20 bits per heavy atom. The first-order valence-electron chi connectivity index (χ1n) is 3.95. The highest BCUT2D eigenvalue weighted by atomic mass is 16.4. The number of hydrogen-bond donors (Lipinski definition) is 2. The number of rotatable bonds is 3. The third-order valence-corrected chi connectivity index (χ3v) is 1.83. The summed E-state index contributed by atoms with van der Waals surface area (Å²) in [5, 5.41) is 17.6. The van der Waals surface area contributed by atoms with Crippen LogP contribution >= 0.6 is 0 Å². The SMILES string of the molecule is C[N+](=O)c1cccc(C(=O)O)c1C(=O)O. The zero-order chi connectivity index (χ0) is 11.6. The van der Waals surface area contributed by atoms with Gasteiger partial charge in [-0.25, -0.2) is 9.59 Å². The standard InChI is InChI=1S/C9H7NO5/c1-10(15)6-4-2-3-5(8(11)12)7(6)9(13)14/h2-4H,1H3,(H-,11,12,13,14)/p+1. The molecule has 0 aliphatic rings. The molecular formula is C9H8NO5+. The number of benzene rings is 1. The third-order valence-electron chi connectivity index (χ3n) is 1.83. The fraction of sp³-hybridized carbons (Fsp3) is 0.111. The van der Waals surface area contributed by atoms with E-state index in [1.165, 1.54) is 12.1 Å². The van der Waals surface area contributed by atoms with E-state index in [4.69, 9.17) is 10.2 Å². The number of carboxylic acid groups (broad SMARTS) is 2. The van der Waals surface area contributed by atoms with E-state index < -0.39 is 23.1 Å². The Bertz CT molecular complexity index is 420. The van der Waals surface area contributed by atoms with Crippen LogP contribution in [0.25, 0.3) is 0 Å². The van der Waals surface area contributed by atoms with E-state index in [1.54, 1.807) is 0 Å². The van der Waals surface area contributed by atoms with Crippen LogP contribution in [0.2, 0.25) is 0 Å². The Morgan fingerprint density at radius 2 is 1.80 bits per heavy atom. The topological polar surface area (TPSA) is 94.7 Å². The Balaban J connectivity index is 3.56. The molecule has 1 aromatic carbocycles. The van der Waals surface area contributed by atoms with Gasteiger partial charge >= 0.3 is 11.9 Å². The molecule has 0 saturated carbocycles. The van der Waals surface area contributed by atoms with Gasteiger partial charge in [-0.1, -0.05) is 6.07 Å². The van der Waals surface area contributed by atoms with Crippen molar-refractivity contribution in [2.24, 2.45) is 0 Å². The Kier molecular flexibility index (Phi) is 2.80. The second-order valence-electron chi connectivity index (χ2n) is 2.81. The van der Waals surface area contributed by atoms with Gasteiger partial charge in [0.05, 0.1) is 5.56 Å². The summed E-state index contributed by atoms with van der Waals surface area (Å²) in [7, 11) is 1.10. The van der Waals surface area contributed by atoms with Gasteiger partial charge in [0.25, 0.3) is 5.69 Å². The molecule has 0 unspecified atom stereocenters. The number of carbonyl (C=O) groups is 2. The van der Waals surface area contributed by atoms with Gasteiger partial charge in [0, 0.05) is 15.7 Å². The van der Waals surface area contributed by atoms with Gasteiger partial charge in [0.1, 0.15) is 5.56 Å². The van der Waals surface area contributed by atoms with Gasteiger partial charge in [-0.3, -0.25) is 0 Å². The fourth-order valence-electron chi connectivity index (χ4n) is 1.21.